The van der Waals surface area contributed by atoms with Crippen molar-refractivity contribution in [2.24, 2.45) is 5.92 Å². The zero-order valence-corrected chi connectivity index (χ0v) is 16.0. The number of hydrogen-bond acceptors (Lipinski definition) is 4. The zero-order valence-electron chi connectivity index (χ0n) is 15.2. The van der Waals surface area contributed by atoms with Gasteiger partial charge in [0.1, 0.15) is 5.60 Å². The first kappa shape index (κ1) is 18.5. The topological polar surface area (TPSA) is 53.6 Å². The summed E-state index contributed by atoms with van der Waals surface area (Å²) in [6, 6.07) is 8.77. The lowest BCUT2D eigenvalue weighted by Crippen LogP contribution is -2.46. The molecule has 0 radical (unpaired) electrons. The van der Waals surface area contributed by atoms with E-state index in [1.54, 1.807) is 0 Å². The van der Waals surface area contributed by atoms with Gasteiger partial charge in [-0.15, -0.1) is 0 Å². The normalized spacial score (nSPS) is 25.2. The maximum absolute atomic E-state index is 12.2. The minimum atomic E-state index is -0.434. The maximum Gasteiger partial charge on any atom is 0.410 e. The first-order chi connectivity index (χ1) is 11.8. The van der Waals surface area contributed by atoms with Crippen molar-refractivity contribution in [3.8, 4) is 0 Å². The van der Waals surface area contributed by atoms with E-state index in [0.717, 1.165) is 37.4 Å². The van der Waals surface area contributed by atoms with Gasteiger partial charge in [-0.25, -0.2) is 4.79 Å². The predicted octanol–water partition coefficient (Wildman–Crippen LogP) is 3.89. The molecule has 0 saturated carbocycles. The zero-order chi connectivity index (χ0) is 18.0. The Hall–Kier alpha value is -1.30. The number of likely N-dealkylation sites (tertiary alicyclic amines) is 1. The lowest BCUT2D eigenvalue weighted by molar-refractivity contribution is 0.0171. The van der Waals surface area contributed by atoms with Gasteiger partial charge in [0, 0.05) is 30.2 Å². The van der Waals surface area contributed by atoms with Gasteiger partial charge in [-0.1, -0.05) is 23.7 Å². The van der Waals surface area contributed by atoms with Crippen molar-refractivity contribution in [2.45, 2.75) is 57.7 Å². The van der Waals surface area contributed by atoms with Gasteiger partial charge in [0.05, 0.1) is 0 Å². The molecule has 2 saturated heterocycles. The smallest absolute Gasteiger partial charge is 0.410 e. The summed E-state index contributed by atoms with van der Waals surface area (Å²) >= 11 is 5.97. The van der Waals surface area contributed by atoms with Crippen LogP contribution in [0, 0.1) is 5.92 Å². The molecule has 0 aliphatic carbocycles. The largest absolute Gasteiger partial charge is 0.444 e. The van der Waals surface area contributed by atoms with Crippen molar-refractivity contribution in [2.75, 3.05) is 13.1 Å². The molecule has 1 aromatic carbocycles. The van der Waals surface area contributed by atoms with Crippen LogP contribution < -0.4 is 10.9 Å². The standard InChI is InChI=1S/C19H28ClN3O2/c1-19(2,3)25-18(24)23-10-8-14(9-11-23)17-12-16(21-22-17)13-4-6-15(20)7-5-13/h4-7,14,16-17,21-22H,8-12H2,1-3H3. The van der Waals surface area contributed by atoms with Crippen LogP contribution in [0.5, 0.6) is 0 Å². The van der Waals surface area contributed by atoms with Gasteiger partial charge in [-0.3, -0.25) is 10.9 Å². The Kier molecular flexibility index (Phi) is 5.56. The Morgan fingerprint density at radius 3 is 2.40 bits per heavy atom. The third-order valence-electron chi connectivity index (χ3n) is 4.97. The van der Waals surface area contributed by atoms with Crippen molar-refractivity contribution in [1.82, 2.24) is 15.8 Å². The van der Waals surface area contributed by atoms with Gasteiger partial charge in [-0.05, 0) is 63.6 Å². The predicted molar refractivity (Wildman–Crippen MR) is 99.4 cm³/mol. The summed E-state index contributed by atoms with van der Waals surface area (Å²) in [5.74, 6) is 0.573. The molecule has 2 aliphatic rings. The van der Waals surface area contributed by atoms with Crippen molar-refractivity contribution in [3.63, 3.8) is 0 Å². The van der Waals surface area contributed by atoms with Gasteiger partial charge < -0.3 is 9.64 Å². The number of rotatable bonds is 2. The third-order valence-corrected chi connectivity index (χ3v) is 5.22. The SMILES string of the molecule is CC(C)(C)OC(=O)N1CCC(C2CC(c3ccc(Cl)cc3)NN2)CC1. The quantitative estimate of drug-likeness (QED) is 0.834. The molecule has 6 heteroatoms. The number of benzene rings is 1. The van der Waals surface area contributed by atoms with Crippen molar-refractivity contribution in [1.29, 1.82) is 0 Å². The summed E-state index contributed by atoms with van der Waals surface area (Å²) in [6.07, 6.45) is 2.87. The van der Waals surface area contributed by atoms with E-state index < -0.39 is 5.60 Å². The number of halogens is 1. The molecular formula is C19H28ClN3O2. The van der Waals surface area contributed by atoms with Crippen LogP contribution in [-0.2, 0) is 4.74 Å². The van der Waals surface area contributed by atoms with E-state index in [-0.39, 0.29) is 6.09 Å². The van der Waals surface area contributed by atoms with Crippen molar-refractivity contribution >= 4 is 17.7 Å². The summed E-state index contributed by atoms with van der Waals surface area (Å²) in [5, 5.41) is 0.765. The second kappa shape index (κ2) is 7.52. The molecule has 0 spiro atoms. The fourth-order valence-corrected chi connectivity index (χ4v) is 3.74. The summed E-state index contributed by atoms with van der Waals surface area (Å²) in [5.41, 5.74) is 7.68. The van der Waals surface area contributed by atoms with Crippen LogP contribution in [0.25, 0.3) is 0 Å². The van der Waals surface area contributed by atoms with E-state index in [2.05, 4.69) is 23.0 Å². The van der Waals surface area contributed by atoms with E-state index in [9.17, 15) is 4.79 Å². The van der Waals surface area contributed by atoms with Gasteiger partial charge in [0.2, 0.25) is 0 Å². The molecule has 2 heterocycles. The summed E-state index contributed by atoms with van der Waals surface area (Å²) in [6.45, 7) is 7.25. The minimum Gasteiger partial charge on any atom is -0.444 e. The van der Waals surface area contributed by atoms with Crippen molar-refractivity contribution in [3.05, 3.63) is 34.9 Å². The van der Waals surface area contributed by atoms with Crippen LogP contribution in [-0.4, -0.2) is 35.7 Å². The average molecular weight is 366 g/mol. The molecule has 1 amide bonds. The first-order valence-corrected chi connectivity index (χ1v) is 9.44. The fraction of sp³-hybridized carbons (Fsp3) is 0.632. The van der Waals surface area contributed by atoms with E-state index in [1.807, 2.05) is 37.8 Å². The molecule has 2 aliphatic heterocycles. The second-order valence-corrected chi connectivity index (χ2v) is 8.48. The monoisotopic (exact) mass is 365 g/mol. The van der Waals surface area contributed by atoms with Crippen LogP contribution in [0.1, 0.15) is 51.6 Å². The van der Waals surface area contributed by atoms with E-state index >= 15 is 0 Å². The Labute approximate surface area is 155 Å². The number of piperidine rings is 1. The number of nitrogens with one attached hydrogen (secondary N) is 2. The number of ether oxygens (including phenoxy) is 1. The van der Waals surface area contributed by atoms with Gasteiger partial charge in [0.25, 0.3) is 0 Å². The highest BCUT2D eigenvalue weighted by Gasteiger charge is 2.34. The molecule has 138 valence electrons. The Balaban J connectivity index is 1.49. The van der Waals surface area contributed by atoms with Gasteiger partial charge >= 0.3 is 6.09 Å². The molecule has 5 nitrogen and oxygen atoms in total. The highest BCUT2D eigenvalue weighted by Crippen LogP contribution is 2.31. The number of amides is 1. The van der Waals surface area contributed by atoms with Gasteiger partial charge in [0.15, 0.2) is 0 Å². The molecule has 0 aromatic heterocycles. The molecule has 0 bridgehead atoms. The van der Waals surface area contributed by atoms with Crippen LogP contribution in [0.4, 0.5) is 4.79 Å². The van der Waals surface area contributed by atoms with E-state index in [4.69, 9.17) is 16.3 Å². The molecular weight excluding hydrogens is 338 g/mol. The average Bonchev–Trinajstić information content (AvgIpc) is 3.04. The molecule has 2 unspecified atom stereocenters. The van der Waals surface area contributed by atoms with Crippen LogP contribution in [0.3, 0.4) is 0 Å². The Morgan fingerprint density at radius 2 is 1.80 bits per heavy atom. The lowest BCUT2D eigenvalue weighted by atomic mass is 9.86. The first-order valence-electron chi connectivity index (χ1n) is 9.06. The fourth-order valence-electron chi connectivity index (χ4n) is 3.62. The third kappa shape index (κ3) is 4.87. The Bertz CT molecular complexity index is 592. The molecule has 2 N–H and O–H groups in total. The number of hydrogen-bond donors (Lipinski definition) is 2. The molecule has 2 fully saturated rings. The van der Waals surface area contributed by atoms with Crippen LogP contribution in [0.2, 0.25) is 5.02 Å². The highest BCUT2D eigenvalue weighted by atomic mass is 35.5. The number of carbonyl (C=O) groups is 1. The lowest BCUT2D eigenvalue weighted by Gasteiger charge is -2.35. The minimum absolute atomic E-state index is 0.192. The highest BCUT2D eigenvalue weighted by molar-refractivity contribution is 6.30. The van der Waals surface area contributed by atoms with E-state index in [0.29, 0.717) is 18.0 Å². The number of hydrazine groups is 1. The van der Waals surface area contributed by atoms with Gasteiger partial charge in [-0.2, -0.15) is 0 Å². The summed E-state index contributed by atoms with van der Waals surface area (Å²) < 4.78 is 5.47. The summed E-state index contributed by atoms with van der Waals surface area (Å²) in [7, 11) is 0. The maximum atomic E-state index is 12.2. The molecule has 2 atom stereocenters. The van der Waals surface area contributed by atoms with Crippen molar-refractivity contribution < 1.29 is 9.53 Å². The molecule has 1 aromatic rings. The Morgan fingerprint density at radius 1 is 1.16 bits per heavy atom. The van der Waals surface area contributed by atoms with Crippen LogP contribution in [0.15, 0.2) is 24.3 Å². The van der Waals surface area contributed by atoms with Crippen LogP contribution >= 0.6 is 11.6 Å². The number of nitrogens with zero attached hydrogens (tertiary/aromatic N) is 1. The molecule has 3 rings (SSSR count). The summed E-state index contributed by atoms with van der Waals surface area (Å²) in [4.78, 5) is 14.0. The number of carbonyl (C=O) groups excluding carboxylic acids is 1. The molecule has 25 heavy (non-hydrogen) atoms. The van der Waals surface area contributed by atoms with E-state index in [1.165, 1.54) is 5.56 Å². The second-order valence-electron chi connectivity index (χ2n) is 8.04.